The first-order valence-corrected chi connectivity index (χ1v) is 6.59. The van der Waals surface area contributed by atoms with Crippen LogP contribution in [0.5, 0.6) is 0 Å². The summed E-state index contributed by atoms with van der Waals surface area (Å²) in [6, 6.07) is 9.39. The van der Waals surface area contributed by atoms with Crippen molar-refractivity contribution in [2.45, 2.75) is 26.8 Å². The van der Waals surface area contributed by atoms with Gasteiger partial charge in [0.25, 0.3) is 0 Å². The molecule has 0 saturated heterocycles. The maximum atomic E-state index is 12.3. The summed E-state index contributed by atoms with van der Waals surface area (Å²) in [5, 5.41) is 8.96. The molecule has 0 radical (unpaired) electrons. The predicted molar refractivity (Wildman–Crippen MR) is 78.1 cm³/mol. The van der Waals surface area contributed by atoms with E-state index in [1.165, 1.54) is 4.90 Å². The van der Waals surface area contributed by atoms with Gasteiger partial charge in [-0.1, -0.05) is 42.8 Å². The number of benzene rings is 1. The molecule has 4 nitrogen and oxygen atoms in total. The highest BCUT2D eigenvalue weighted by Gasteiger charge is 2.22. The Hall–Kier alpha value is -2.10. The molecule has 0 aliphatic heterocycles. The van der Waals surface area contributed by atoms with E-state index in [-0.39, 0.29) is 18.4 Å². The smallest absolute Gasteiger partial charge is 0.323 e. The number of allylic oxidation sites excluding steroid dienone is 1. The second-order valence-corrected chi connectivity index (χ2v) is 5.14. The summed E-state index contributed by atoms with van der Waals surface area (Å²) in [6.07, 6.45) is 0.573. The van der Waals surface area contributed by atoms with Crippen LogP contribution >= 0.6 is 0 Å². The van der Waals surface area contributed by atoms with Crippen molar-refractivity contribution in [3.05, 3.63) is 48.0 Å². The second-order valence-electron chi connectivity index (χ2n) is 5.14. The summed E-state index contributed by atoms with van der Waals surface area (Å²) in [5.41, 5.74) is 1.84. The number of carbonyl (C=O) groups is 2. The van der Waals surface area contributed by atoms with Crippen LogP contribution in [0.1, 0.15) is 25.8 Å². The standard InChI is InChI=1S/C16H21NO3/c1-12(2)9-13(3)16(20)17(11-15(18)19)10-14-7-5-4-6-8-14/h4-8,13H,1,9-11H2,2-3H3,(H,18,19). The van der Waals surface area contributed by atoms with Crippen molar-refractivity contribution >= 4 is 11.9 Å². The van der Waals surface area contributed by atoms with Crippen molar-refractivity contribution in [3.8, 4) is 0 Å². The van der Waals surface area contributed by atoms with Crippen LogP contribution in [-0.2, 0) is 16.1 Å². The summed E-state index contributed by atoms with van der Waals surface area (Å²) in [7, 11) is 0. The molecule has 0 heterocycles. The van der Waals surface area contributed by atoms with E-state index in [1.807, 2.05) is 37.3 Å². The Morgan fingerprint density at radius 1 is 1.30 bits per heavy atom. The molecule has 0 aliphatic rings. The maximum absolute atomic E-state index is 12.3. The number of aliphatic carboxylic acids is 1. The average molecular weight is 275 g/mol. The van der Waals surface area contributed by atoms with E-state index in [2.05, 4.69) is 6.58 Å². The minimum Gasteiger partial charge on any atom is -0.480 e. The van der Waals surface area contributed by atoms with Gasteiger partial charge in [0.1, 0.15) is 6.54 Å². The van der Waals surface area contributed by atoms with Crippen LogP contribution in [0.15, 0.2) is 42.5 Å². The van der Waals surface area contributed by atoms with Crippen LogP contribution in [0.2, 0.25) is 0 Å². The molecule has 0 spiro atoms. The zero-order valence-corrected chi connectivity index (χ0v) is 12.0. The lowest BCUT2D eigenvalue weighted by Gasteiger charge is -2.24. The van der Waals surface area contributed by atoms with Gasteiger partial charge >= 0.3 is 5.97 Å². The molecule has 0 saturated carbocycles. The summed E-state index contributed by atoms with van der Waals surface area (Å²) in [4.78, 5) is 24.7. The van der Waals surface area contributed by atoms with E-state index >= 15 is 0 Å². The molecular weight excluding hydrogens is 254 g/mol. The van der Waals surface area contributed by atoms with E-state index in [9.17, 15) is 9.59 Å². The van der Waals surface area contributed by atoms with Gasteiger partial charge in [0.2, 0.25) is 5.91 Å². The number of amides is 1. The van der Waals surface area contributed by atoms with Gasteiger partial charge < -0.3 is 10.0 Å². The van der Waals surface area contributed by atoms with Crippen molar-refractivity contribution in [1.29, 1.82) is 0 Å². The van der Waals surface area contributed by atoms with Crippen LogP contribution in [0.4, 0.5) is 0 Å². The Bertz CT molecular complexity index is 482. The quantitative estimate of drug-likeness (QED) is 0.778. The highest BCUT2D eigenvalue weighted by atomic mass is 16.4. The Balaban J connectivity index is 2.80. The van der Waals surface area contributed by atoms with Crippen molar-refractivity contribution < 1.29 is 14.7 Å². The Labute approximate surface area is 119 Å². The summed E-state index contributed by atoms with van der Waals surface area (Å²) in [5.74, 6) is -1.41. The first-order chi connectivity index (χ1) is 9.40. The van der Waals surface area contributed by atoms with Gasteiger partial charge in [-0.3, -0.25) is 9.59 Å². The van der Waals surface area contributed by atoms with Gasteiger partial charge in [0, 0.05) is 12.5 Å². The molecule has 0 aliphatic carbocycles. The third kappa shape index (κ3) is 5.26. The topological polar surface area (TPSA) is 57.6 Å². The van der Waals surface area contributed by atoms with E-state index in [4.69, 9.17) is 5.11 Å². The fourth-order valence-corrected chi connectivity index (χ4v) is 2.10. The van der Waals surface area contributed by atoms with Crippen LogP contribution in [0.3, 0.4) is 0 Å². The molecule has 1 atom stereocenters. The highest BCUT2D eigenvalue weighted by molar-refractivity contribution is 5.83. The van der Waals surface area contributed by atoms with Gasteiger partial charge in [-0.15, -0.1) is 6.58 Å². The highest BCUT2D eigenvalue weighted by Crippen LogP contribution is 2.15. The van der Waals surface area contributed by atoms with Gasteiger partial charge in [-0.25, -0.2) is 0 Å². The Morgan fingerprint density at radius 3 is 2.40 bits per heavy atom. The van der Waals surface area contributed by atoms with Gasteiger partial charge in [-0.05, 0) is 18.9 Å². The normalized spacial score (nSPS) is 11.7. The number of carboxylic acids is 1. The van der Waals surface area contributed by atoms with Gasteiger partial charge in [-0.2, -0.15) is 0 Å². The number of hydrogen-bond acceptors (Lipinski definition) is 2. The Morgan fingerprint density at radius 2 is 1.90 bits per heavy atom. The molecule has 1 amide bonds. The maximum Gasteiger partial charge on any atom is 0.323 e. The fraction of sp³-hybridized carbons (Fsp3) is 0.375. The molecular formula is C16H21NO3. The number of carboxylic acid groups (broad SMARTS) is 1. The third-order valence-corrected chi connectivity index (χ3v) is 2.93. The molecule has 108 valence electrons. The van der Waals surface area contributed by atoms with Gasteiger partial charge in [0.05, 0.1) is 0 Å². The molecule has 0 aromatic heterocycles. The minimum atomic E-state index is -1.00. The molecule has 20 heavy (non-hydrogen) atoms. The molecule has 1 aromatic carbocycles. The lowest BCUT2D eigenvalue weighted by atomic mass is 10.0. The van der Waals surface area contributed by atoms with Gasteiger partial charge in [0.15, 0.2) is 0 Å². The molecule has 1 rings (SSSR count). The lowest BCUT2D eigenvalue weighted by Crippen LogP contribution is -2.38. The fourth-order valence-electron chi connectivity index (χ4n) is 2.10. The zero-order chi connectivity index (χ0) is 15.1. The second kappa shape index (κ2) is 7.48. The average Bonchev–Trinajstić information content (AvgIpc) is 2.37. The zero-order valence-electron chi connectivity index (χ0n) is 12.0. The van der Waals surface area contributed by atoms with E-state index < -0.39 is 5.97 Å². The molecule has 1 aromatic rings. The first-order valence-electron chi connectivity index (χ1n) is 6.59. The van der Waals surface area contributed by atoms with Crippen LogP contribution < -0.4 is 0 Å². The van der Waals surface area contributed by atoms with Crippen LogP contribution in [0, 0.1) is 5.92 Å². The predicted octanol–water partition coefficient (Wildman–Crippen LogP) is 2.70. The van der Waals surface area contributed by atoms with Crippen molar-refractivity contribution in [2.75, 3.05) is 6.54 Å². The number of rotatable bonds is 7. The first kappa shape index (κ1) is 16.0. The third-order valence-electron chi connectivity index (χ3n) is 2.93. The molecule has 1 N–H and O–H groups in total. The SMILES string of the molecule is C=C(C)CC(C)C(=O)N(CC(=O)O)Cc1ccccc1. The largest absolute Gasteiger partial charge is 0.480 e. The number of nitrogens with zero attached hydrogens (tertiary/aromatic N) is 1. The molecule has 0 bridgehead atoms. The van der Waals surface area contributed by atoms with Crippen LogP contribution in [-0.4, -0.2) is 28.4 Å². The summed E-state index contributed by atoms with van der Waals surface area (Å²) < 4.78 is 0. The summed E-state index contributed by atoms with van der Waals surface area (Å²) in [6.45, 7) is 7.49. The van der Waals surface area contributed by atoms with Crippen molar-refractivity contribution in [1.82, 2.24) is 4.90 Å². The van der Waals surface area contributed by atoms with E-state index in [1.54, 1.807) is 6.92 Å². The van der Waals surface area contributed by atoms with Crippen LogP contribution in [0.25, 0.3) is 0 Å². The molecule has 4 heteroatoms. The van der Waals surface area contributed by atoms with E-state index in [0.717, 1.165) is 11.1 Å². The van der Waals surface area contributed by atoms with E-state index in [0.29, 0.717) is 13.0 Å². The molecule has 1 unspecified atom stereocenters. The monoisotopic (exact) mass is 275 g/mol. The lowest BCUT2D eigenvalue weighted by molar-refractivity contribution is -0.146. The number of carbonyl (C=O) groups excluding carboxylic acids is 1. The van der Waals surface area contributed by atoms with Crippen molar-refractivity contribution in [3.63, 3.8) is 0 Å². The minimum absolute atomic E-state index is 0.153. The van der Waals surface area contributed by atoms with Crippen molar-refractivity contribution in [2.24, 2.45) is 5.92 Å². The Kier molecular flexibility index (Phi) is 5.97. The number of hydrogen-bond donors (Lipinski definition) is 1. The summed E-state index contributed by atoms with van der Waals surface area (Å²) >= 11 is 0. The molecule has 0 fully saturated rings.